The molecule has 0 radical (unpaired) electrons. The molecule has 1 aromatic heterocycles. The molecule has 0 aliphatic carbocycles. The van der Waals surface area contributed by atoms with Gasteiger partial charge in [-0.1, -0.05) is 42.5 Å². The zero-order chi connectivity index (χ0) is 18.3. The molecule has 0 aliphatic heterocycles. The molecular weight excluding hydrogens is 324 g/mol. The Morgan fingerprint density at radius 2 is 1.73 bits per heavy atom. The molecule has 0 atom stereocenters. The Kier molecular flexibility index (Phi) is 4.00. The van der Waals surface area contributed by atoms with Crippen LogP contribution in [0.2, 0.25) is 0 Å². The molecule has 26 heavy (non-hydrogen) atoms. The number of hydrogen-bond acceptors (Lipinski definition) is 3. The molecule has 0 aliphatic rings. The van der Waals surface area contributed by atoms with Crippen LogP contribution in [0.15, 0.2) is 59.2 Å². The van der Waals surface area contributed by atoms with Crippen LogP contribution in [0.5, 0.6) is 5.75 Å². The van der Waals surface area contributed by atoms with Crippen LogP contribution in [-0.4, -0.2) is 5.97 Å². The number of carbonyl (C=O) groups is 1. The number of aryl methyl sites for hydroxylation is 2. The Morgan fingerprint density at radius 3 is 2.58 bits per heavy atom. The van der Waals surface area contributed by atoms with Gasteiger partial charge in [-0.3, -0.25) is 4.79 Å². The topological polar surface area (TPSA) is 39.4 Å². The van der Waals surface area contributed by atoms with Crippen molar-refractivity contribution in [3.05, 3.63) is 77.0 Å². The summed E-state index contributed by atoms with van der Waals surface area (Å²) in [6.07, 6.45) is 1.84. The lowest BCUT2D eigenvalue weighted by Crippen LogP contribution is -2.13. The SMILES string of the molecule is Cc1ccc(C)c(OC(=O)Cc2coc3ccc4ccccc4c23)c1C. The number of carbonyl (C=O) groups excluding carboxylic acids is 1. The number of ether oxygens (including phenoxy) is 1. The quantitative estimate of drug-likeness (QED) is 0.356. The van der Waals surface area contributed by atoms with Gasteiger partial charge in [-0.2, -0.15) is 0 Å². The van der Waals surface area contributed by atoms with E-state index in [0.29, 0.717) is 5.75 Å². The number of fused-ring (bicyclic) bond motifs is 3. The fourth-order valence-corrected chi connectivity index (χ4v) is 3.39. The van der Waals surface area contributed by atoms with E-state index in [0.717, 1.165) is 44.0 Å². The lowest BCUT2D eigenvalue weighted by Gasteiger charge is -2.12. The second-order valence-electron chi connectivity index (χ2n) is 6.73. The van der Waals surface area contributed by atoms with Gasteiger partial charge in [0.1, 0.15) is 11.3 Å². The van der Waals surface area contributed by atoms with E-state index in [4.69, 9.17) is 9.15 Å². The van der Waals surface area contributed by atoms with Crippen molar-refractivity contribution >= 4 is 27.7 Å². The fourth-order valence-electron chi connectivity index (χ4n) is 3.39. The molecule has 0 bridgehead atoms. The Hall–Kier alpha value is -3.07. The van der Waals surface area contributed by atoms with Gasteiger partial charge in [-0.15, -0.1) is 0 Å². The van der Waals surface area contributed by atoms with Gasteiger partial charge in [0.2, 0.25) is 0 Å². The molecule has 4 rings (SSSR count). The summed E-state index contributed by atoms with van der Waals surface area (Å²) >= 11 is 0. The van der Waals surface area contributed by atoms with E-state index in [1.165, 1.54) is 0 Å². The molecule has 4 aromatic rings. The standard InChI is InChI=1S/C23H20O3/c1-14-8-9-15(2)23(16(14)3)26-21(24)12-18-13-25-20-11-10-17-6-4-5-7-19(17)22(18)20/h4-11,13H,12H2,1-3H3. The molecule has 0 N–H and O–H groups in total. The first-order chi connectivity index (χ1) is 12.5. The van der Waals surface area contributed by atoms with Crippen molar-refractivity contribution in [1.82, 2.24) is 0 Å². The van der Waals surface area contributed by atoms with E-state index in [2.05, 4.69) is 12.1 Å². The van der Waals surface area contributed by atoms with E-state index >= 15 is 0 Å². The number of benzene rings is 3. The largest absolute Gasteiger partial charge is 0.464 e. The molecule has 3 aromatic carbocycles. The Morgan fingerprint density at radius 1 is 0.962 bits per heavy atom. The van der Waals surface area contributed by atoms with Crippen LogP contribution in [0.25, 0.3) is 21.7 Å². The molecular formula is C23H20O3. The van der Waals surface area contributed by atoms with Gasteiger partial charge < -0.3 is 9.15 Å². The van der Waals surface area contributed by atoms with Crippen molar-refractivity contribution in [2.75, 3.05) is 0 Å². The van der Waals surface area contributed by atoms with Gasteiger partial charge in [-0.05, 0) is 54.3 Å². The summed E-state index contributed by atoms with van der Waals surface area (Å²) in [6.45, 7) is 5.95. The normalized spacial score (nSPS) is 11.2. The maximum absolute atomic E-state index is 12.6. The summed E-state index contributed by atoms with van der Waals surface area (Å²) in [7, 11) is 0. The minimum absolute atomic E-state index is 0.174. The van der Waals surface area contributed by atoms with Crippen LogP contribution in [0, 0.1) is 20.8 Å². The highest BCUT2D eigenvalue weighted by atomic mass is 16.5. The zero-order valence-electron chi connectivity index (χ0n) is 15.1. The summed E-state index contributed by atoms with van der Waals surface area (Å²) in [5.41, 5.74) is 4.71. The Labute approximate surface area is 152 Å². The van der Waals surface area contributed by atoms with Gasteiger partial charge in [0.05, 0.1) is 12.7 Å². The molecule has 0 fully saturated rings. The van der Waals surface area contributed by atoms with Crippen molar-refractivity contribution < 1.29 is 13.9 Å². The summed E-state index contributed by atoms with van der Waals surface area (Å²) in [4.78, 5) is 12.6. The van der Waals surface area contributed by atoms with Gasteiger partial charge in [-0.25, -0.2) is 0 Å². The molecule has 130 valence electrons. The third kappa shape index (κ3) is 2.76. The van der Waals surface area contributed by atoms with E-state index in [1.54, 1.807) is 6.26 Å². The lowest BCUT2D eigenvalue weighted by molar-refractivity contribution is -0.133. The molecule has 3 nitrogen and oxygen atoms in total. The third-order valence-corrected chi connectivity index (χ3v) is 4.96. The summed E-state index contributed by atoms with van der Waals surface area (Å²) in [5.74, 6) is 0.380. The second kappa shape index (κ2) is 6.34. The van der Waals surface area contributed by atoms with Crippen molar-refractivity contribution in [2.45, 2.75) is 27.2 Å². The van der Waals surface area contributed by atoms with E-state index in [9.17, 15) is 4.79 Å². The minimum atomic E-state index is -0.280. The summed E-state index contributed by atoms with van der Waals surface area (Å²) < 4.78 is 11.4. The molecule has 0 amide bonds. The van der Waals surface area contributed by atoms with Crippen LogP contribution in [0.3, 0.4) is 0 Å². The molecule has 0 unspecified atom stereocenters. The Bertz CT molecular complexity index is 1140. The highest BCUT2D eigenvalue weighted by Gasteiger charge is 2.16. The van der Waals surface area contributed by atoms with Crippen LogP contribution in [-0.2, 0) is 11.2 Å². The predicted molar refractivity (Wildman–Crippen MR) is 104 cm³/mol. The first-order valence-corrected chi connectivity index (χ1v) is 8.70. The summed E-state index contributed by atoms with van der Waals surface area (Å²) in [6, 6.07) is 16.1. The van der Waals surface area contributed by atoms with Gasteiger partial charge in [0, 0.05) is 10.9 Å². The highest BCUT2D eigenvalue weighted by Crippen LogP contribution is 2.31. The Balaban J connectivity index is 1.69. The number of hydrogen-bond donors (Lipinski definition) is 0. The fraction of sp³-hybridized carbons (Fsp3) is 0.174. The van der Waals surface area contributed by atoms with Gasteiger partial charge in [0.15, 0.2) is 0 Å². The maximum Gasteiger partial charge on any atom is 0.315 e. The number of furan rings is 1. The molecule has 0 saturated carbocycles. The third-order valence-electron chi connectivity index (χ3n) is 4.96. The molecule has 1 heterocycles. The molecule has 0 saturated heterocycles. The maximum atomic E-state index is 12.6. The summed E-state index contributed by atoms with van der Waals surface area (Å²) in [5, 5.41) is 3.20. The van der Waals surface area contributed by atoms with Crippen LogP contribution in [0.4, 0.5) is 0 Å². The van der Waals surface area contributed by atoms with E-state index in [-0.39, 0.29) is 12.4 Å². The van der Waals surface area contributed by atoms with Crippen LogP contribution < -0.4 is 4.74 Å². The lowest BCUT2D eigenvalue weighted by atomic mass is 10.0. The van der Waals surface area contributed by atoms with Crippen molar-refractivity contribution in [1.29, 1.82) is 0 Å². The average Bonchev–Trinajstić information content (AvgIpc) is 3.05. The zero-order valence-corrected chi connectivity index (χ0v) is 15.1. The van der Waals surface area contributed by atoms with Crippen molar-refractivity contribution in [2.24, 2.45) is 0 Å². The smallest absolute Gasteiger partial charge is 0.315 e. The monoisotopic (exact) mass is 344 g/mol. The molecule has 0 spiro atoms. The highest BCUT2D eigenvalue weighted by molar-refractivity contribution is 6.08. The molecule has 3 heteroatoms. The van der Waals surface area contributed by atoms with Gasteiger partial charge >= 0.3 is 5.97 Å². The van der Waals surface area contributed by atoms with Crippen molar-refractivity contribution in [3.63, 3.8) is 0 Å². The first kappa shape index (κ1) is 16.4. The minimum Gasteiger partial charge on any atom is -0.464 e. The predicted octanol–water partition coefficient (Wildman–Crippen LogP) is 5.66. The average molecular weight is 344 g/mol. The second-order valence-corrected chi connectivity index (χ2v) is 6.73. The van der Waals surface area contributed by atoms with Gasteiger partial charge in [0.25, 0.3) is 0 Å². The number of esters is 1. The first-order valence-electron chi connectivity index (χ1n) is 8.70. The number of rotatable bonds is 3. The van der Waals surface area contributed by atoms with Crippen molar-refractivity contribution in [3.8, 4) is 5.75 Å². The van der Waals surface area contributed by atoms with Crippen LogP contribution >= 0.6 is 0 Å². The van der Waals surface area contributed by atoms with Crippen LogP contribution in [0.1, 0.15) is 22.3 Å². The van der Waals surface area contributed by atoms with E-state index in [1.807, 2.05) is 57.2 Å². The van der Waals surface area contributed by atoms with E-state index < -0.39 is 0 Å².